The maximum atomic E-state index is 12.3. The first kappa shape index (κ1) is 22.6. The molecule has 27 heavy (non-hydrogen) atoms. The van der Waals surface area contributed by atoms with Crippen LogP contribution in [-0.2, 0) is 14.4 Å². The first-order valence-electron chi connectivity index (χ1n) is 9.40. The first-order valence-corrected chi connectivity index (χ1v) is 9.40. The van der Waals surface area contributed by atoms with Crippen LogP contribution in [-0.4, -0.2) is 50.4 Å². The van der Waals surface area contributed by atoms with E-state index in [2.05, 4.69) is 16.0 Å². The molecule has 0 aliphatic carbocycles. The Morgan fingerprint density at radius 1 is 1.04 bits per heavy atom. The number of hydrogen-bond acceptors (Lipinski definition) is 3. The summed E-state index contributed by atoms with van der Waals surface area (Å²) in [4.78, 5) is 36.9. The van der Waals surface area contributed by atoms with Gasteiger partial charge in [0.1, 0.15) is 6.04 Å². The second-order valence-corrected chi connectivity index (χ2v) is 7.21. The first-order chi connectivity index (χ1) is 12.6. The summed E-state index contributed by atoms with van der Waals surface area (Å²) in [5.74, 6) is -0.614. The standard InChI is InChI=1S/C20H32N4O3/c1-7-8-21-20(27)16(5)22-17(25)11-24(6)12-18(26)23-19-14(3)9-13(2)10-15(19)4/h9-10,16H,7-8,11-12H2,1-6H3,(H,21,27)(H,22,25)(H,23,26)/p+1/t16-/m1/s1. The molecule has 0 heterocycles. The Balaban J connectivity index is 2.49. The summed E-state index contributed by atoms with van der Waals surface area (Å²) in [6.45, 7) is 10.4. The van der Waals surface area contributed by atoms with Gasteiger partial charge in [-0.05, 0) is 45.2 Å². The van der Waals surface area contributed by atoms with Crippen molar-refractivity contribution in [3.63, 3.8) is 0 Å². The summed E-state index contributed by atoms with van der Waals surface area (Å²) in [6, 6.07) is 3.46. The number of aryl methyl sites for hydroxylation is 3. The molecular formula is C20H33N4O3+. The number of quaternary nitrogens is 1. The molecule has 0 saturated carbocycles. The van der Waals surface area contributed by atoms with Crippen molar-refractivity contribution in [2.45, 2.75) is 47.1 Å². The Morgan fingerprint density at radius 3 is 2.15 bits per heavy atom. The molecule has 4 N–H and O–H groups in total. The Bertz CT molecular complexity index is 665. The van der Waals surface area contributed by atoms with Crippen LogP contribution >= 0.6 is 0 Å². The highest BCUT2D eigenvalue weighted by molar-refractivity contribution is 5.93. The second kappa shape index (κ2) is 10.7. The van der Waals surface area contributed by atoms with Crippen LogP contribution in [0.4, 0.5) is 5.69 Å². The molecule has 7 nitrogen and oxygen atoms in total. The Kier molecular flexibility index (Phi) is 8.94. The zero-order valence-corrected chi connectivity index (χ0v) is 17.3. The maximum absolute atomic E-state index is 12.3. The van der Waals surface area contributed by atoms with Gasteiger partial charge in [0.15, 0.2) is 13.1 Å². The molecule has 1 aromatic carbocycles. The van der Waals surface area contributed by atoms with Crippen LogP contribution in [0.5, 0.6) is 0 Å². The van der Waals surface area contributed by atoms with Crippen molar-refractivity contribution in [2.24, 2.45) is 0 Å². The summed E-state index contributed by atoms with van der Waals surface area (Å²) in [6.07, 6.45) is 0.842. The Hall–Kier alpha value is -2.41. The zero-order valence-electron chi connectivity index (χ0n) is 17.3. The van der Waals surface area contributed by atoms with E-state index in [4.69, 9.17) is 0 Å². The van der Waals surface area contributed by atoms with Crippen molar-refractivity contribution in [1.29, 1.82) is 0 Å². The van der Waals surface area contributed by atoms with E-state index >= 15 is 0 Å². The number of nitrogens with one attached hydrogen (secondary N) is 4. The second-order valence-electron chi connectivity index (χ2n) is 7.21. The molecule has 1 aromatic rings. The van der Waals surface area contributed by atoms with Gasteiger partial charge in [0.2, 0.25) is 5.91 Å². The lowest BCUT2D eigenvalue weighted by Crippen LogP contribution is -3.11. The van der Waals surface area contributed by atoms with Crippen molar-refractivity contribution in [2.75, 3.05) is 32.0 Å². The van der Waals surface area contributed by atoms with Crippen LogP contribution in [0.25, 0.3) is 0 Å². The number of likely N-dealkylation sites (N-methyl/N-ethyl adjacent to an activating group) is 1. The summed E-state index contributed by atoms with van der Waals surface area (Å²) in [5, 5.41) is 8.34. The van der Waals surface area contributed by atoms with E-state index in [0.29, 0.717) is 6.54 Å². The summed E-state index contributed by atoms with van der Waals surface area (Å²) in [5.41, 5.74) is 4.01. The SMILES string of the molecule is CCCNC(=O)[C@@H](C)NC(=O)C[NH+](C)CC(=O)Nc1c(C)cc(C)cc1C. The number of rotatable bonds is 9. The number of amides is 3. The van der Waals surface area contributed by atoms with Crippen LogP contribution in [0.3, 0.4) is 0 Å². The highest BCUT2D eigenvalue weighted by Gasteiger charge is 2.19. The minimum Gasteiger partial charge on any atom is -0.354 e. The minimum atomic E-state index is -0.594. The Morgan fingerprint density at radius 2 is 1.59 bits per heavy atom. The molecule has 0 saturated heterocycles. The van der Waals surface area contributed by atoms with Gasteiger partial charge < -0.3 is 20.9 Å². The molecule has 0 bridgehead atoms. The summed E-state index contributed by atoms with van der Waals surface area (Å²) < 4.78 is 0. The van der Waals surface area contributed by atoms with E-state index in [9.17, 15) is 14.4 Å². The summed E-state index contributed by atoms with van der Waals surface area (Å²) in [7, 11) is 1.77. The van der Waals surface area contributed by atoms with Crippen molar-refractivity contribution >= 4 is 23.4 Å². The lowest BCUT2D eigenvalue weighted by atomic mass is 10.1. The van der Waals surface area contributed by atoms with Crippen LogP contribution in [0, 0.1) is 20.8 Å². The molecule has 0 aliphatic heterocycles. The van der Waals surface area contributed by atoms with Gasteiger partial charge >= 0.3 is 0 Å². The largest absolute Gasteiger partial charge is 0.354 e. The highest BCUT2D eigenvalue weighted by atomic mass is 16.2. The van der Waals surface area contributed by atoms with Gasteiger partial charge in [0.25, 0.3) is 11.8 Å². The number of benzene rings is 1. The van der Waals surface area contributed by atoms with Crippen molar-refractivity contribution in [3.05, 3.63) is 28.8 Å². The molecule has 0 aromatic heterocycles. The molecule has 1 unspecified atom stereocenters. The molecule has 0 fully saturated rings. The number of anilines is 1. The fraction of sp³-hybridized carbons (Fsp3) is 0.550. The normalized spacial score (nSPS) is 12.8. The molecule has 1 rings (SSSR count). The van der Waals surface area contributed by atoms with Crippen LogP contribution in [0.1, 0.15) is 37.0 Å². The zero-order chi connectivity index (χ0) is 20.6. The third-order valence-electron chi connectivity index (χ3n) is 4.19. The molecule has 0 radical (unpaired) electrons. The molecule has 0 spiro atoms. The van der Waals surface area contributed by atoms with E-state index < -0.39 is 6.04 Å². The van der Waals surface area contributed by atoms with E-state index in [1.54, 1.807) is 14.0 Å². The van der Waals surface area contributed by atoms with Gasteiger partial charge in [-0.3, -0.25) is 14.4 Å². The summed E-state index contributed by atoms with van der Waals surface area (Å²) >= 11 is 0. The number of hydrogen-bond donors (Lipinski definition) is 4. The topological polar surface area (TPSA) is 91.7 Å². The van der Waals surface area contributed by atoms with E-state index in [0.717, 1.165) is 33.7 Å². The fourth-order valence-electron chi connectivity index (χ4n) is 2.93. The van der Waals surface area contributed by atoms with Crippen molar-refractivity contribution in [3.8, 4) is 0 Å². The average Bonchev–Trinajstić information content (AvgIpc) is 2.55. The predicted molar refractivity (Wildman–Crippen MR) is 107 cm³/mol. The fourth-order valence-corrected chi connectivity index (χ4v) is 2.93. The average molecular weight is 378 g/mol. The molecular weight excluding hydrogens is 344 g/mol. The highest BCUT2D eigenvalue weighted by Crippen LogP contribution is 2.21. The van der Waals surface area contributed by atoms with E-state index in [1.165, 1.54) is 0 Å². The van der Waals surface area contributed by atoms with Gasteiger partial charge in [0, 0.05) is 12.2 Å². The smallest absolute Gasteiger partial charge is 0.279 e. The van der Waals surface area contributed by atoms with Crippen molar-refractivity contribution in [1.82, 2.24) is 10.6 Å². The third kappa shape index (κ3) is 7.78. The van der Waals surface area contributed by atoms with E-state index in [1.807, 2.05) is 39.8 Å². The van der Waals surface area contributed by atoms with E-state index in [-0.39, 0.29) is 30.8 Å². The lowest BCUT2D eigenvalue weighted by Gasteiger charge is -2.18. The van der Waals surface area contributed by atoms with Crippen molar-refractivity contribution < 1.29 is 19.3 Å². The minimum absolute atomic E-state index is 0.116. The van der Waals surface area contributed by atoms with Gasteiger partial charge in [0.05, 0.1) is 7.05 Å². The van der Waals surface area contributed by atoms with Gasteiger partial charge in [-0.25, -0.2) is 0 Å². The maximum Gasteiger partial charge on any atom is 0.279 e. The van der Waals surface area contributed by atoms with Crippen LogP contribution < -0.4 is 20.9 Å². The van der Waals surface area contributed by atoms with Gasteiger partial charge in [-0.1, -0.05) is 24.6 Å². The molecule has 0 aliphatic rings. The monoisotopic (exact) mass is 377 g/mol. The van der Waals surface area contributed by atoms with Gasteiger partial charge in [-0.2, -0.15) is 0 Å². The third-order valence-corrected chi connectivity index (χ3v) is 4.19. The quantitative estimate of drug-likeness (QED) is 0.492. The number of carbonyl (C=O) groups excluding carboxylic acids is 3. The molecule has 7 heteroatoms. The predicted octanol–water partition coefficient (Wildman–Crippen LogP) is 0.0960. The molecule has 2 atom stereocenters. The van der Waals surface area contributed by atoms with Crippen LogP contribution in [0.2, 0.25) is 0 Å². The Labute approximate surface area is 161 Å². The molecule has 150 valence electrons. The number of carbonyl (C=O) groups is 3. The van der Waals surface area contributed by atoms with Gasteiger partial charge in [-0.15, -0.1) is 0 Å². The lowest BCUT2D eigenvalue weighted by molar-refractivity contribution is -0.862. The van der Waals surface area contributed by atoms with Crippen LogP contribution in [0.15, 0.2) is 12.1 Å². The molecule has 3 amide bonds.